The second-order valence-electron chi connectivity index (χ2n) is 5.78. The summed E-state index contributed by atoms with van der Waals surface area (Å²) in [6, 6.07) is 0. The first-order valence-corrected chi connectivity index (χ1v) is 7.77. The standard InChI is InChI=1S/C14H26ClN5/c1-12-13(11-15)14(18(4)16-12)20-9-7-19(8-10-20)6-5-17(2)3/h5-11H2,1-4H3. The highest BCUT2D eigenvalue weighted by Gasteiger charge is 2.23. The third-order valence-corrected chi connectivity index (χ3v) is 4.25. The van der Waals surface area contributed by atoms with Crippen LogP contribution in [0.2, 0.25) is 0 Å². The number of nitrogens with zero attached hydrogens (tertiary/aromatic N) is 5. The maximum atomic E-state index is 6.09. The minimum atomic E-state index is 0.538. The van der Waals surface area contributed by atoms with Crippen LogP contribution in [0.4, 0.5) is 5.82 Å². The number of aromatic nitrogens is 2. The van der Waals surface area contributed by atoms with Gasteiger partial charge in [-0.1, -0.05) is 0 Å². The Labute approximate surface area is 127 Å². The Hall–Kier alpha value is -0.780. The Morgan fingerprint density at radius 3 is 2.40 bits per heavy atom. The highest BCUT2D eigenvalue weighted by molar-refractivity contribution is 6.17. The van der Waals surface area contributed by atoms with Crippen molar-refractivity contribution in [3.63, 3.8) is 0 Å². The lowest BCUT2D eigenvalue weighted by atomic mass is 10.2. The molecule has 0 unspecified atom stereocenters. The van der Waals surface area contributed by atoms with E-state index in [1.165, 1.54) is 11.4 Å². The molecule has 0 aliphatic carbocycles. The molecule has 0 aromatic carbocycles. The van der Waals surface area contributed by atoms with Crippen molar-refractivity contribution in [2.45, 2.75) is 12.8 Å². The maximum Gasteiger partial charge on any atom is 0.131 e. The summed E-state index contributed by atoms with van der Waals surface area (Å²) in [6.45, 7) is 8.63. The van der Waals surface area contributed by atoms with Gasteiger partial charge in [0.15, 0.2) is 0 Å². The van der Waals surface area contributed by atoms with Crippen LogP contribution in [0, 0.1) is 6.92 Å². The van der Waals surface area contributed by atoms with Crippen molar-refractivity contribution >= 4 is 17.4 Å². The summed E-state index contributed by atoms with van der Waals surface area (Å²) >= 11 is 6.09. The molecule has 6 heteroatoms. The number of likely N-dealkylation sites (N-methyl/N-ethyl adjacent to an activating group) is 1. The second-order valence-corrected chi connectivity index (χ2v) is 6.04. The van der Waals surface area contributed by atoms with E-state index < -0.39 is 0 Å². The fourth-order valence-corrected chi connectivity index (χ4v) is 3.08. The van der Waals surface area contributed by atoms with Crippen LogP contribution in [0.25, 0.3) is 0 Å². The monoisotopic (exact) mass is 299 g/mol. The normalized spacial score (nSPS) is 17.2. The van der Waals surface area contributed by atoms with Gasteiger partial charge in [-0.3, -0.25) is 9.58 Å². The zero-order chi connectivity index (χ0) is 14.7. The Morgan fingerprint density at radius 2 is 1.85 bits per heavy atom. The molecule has 1 aromatic heterocycles. The van der Waals surface area contributed by atoms with Gasteiger partial charge in [-0.2, -0.15) is 5.10 Å². The van der Waals surface area contributed by atoms with E-state index in [2.05, 4.69) is 33.9 Å². The van der Waals surface area contributed by atoms with Crippen molar-refractivity contribution < 1.29 is 0 Å². The Kier molecular flexibility index (Phi) is 5.29. The van der Waals surface area contributed by atoms with Gasteiger partial charge in [0.2, 0.25) is 0 Å². The van der Waals surface area contributed by atoms with E-state index in [1.54, 1.807) is 0 Å². The van der Waals surface area contributed by atoms with Crippen molar-refractivity contribution in [2.75, 3.05) is 58.3 Å². The topological polar surface area (TPSA) is 27.5 Å². The van der Waals surface area contributed by atoms with Crippen molar-refractivity contribution in [3.05, 3.63) is 11.3 Å². The van der Waals surface area contributed by atoms with Gasteiger partial charge in [0.1, 0.15) is 5.82 Å². The van der Waals surface area contributed by atoms with Gasteiger partial charge in [-0.25, -0.2) is 0 Å². The number of hydrogen-bond acceptors (Lipinski definition) is 4. The number of alkyl halides is 1. The van der Waals surface area contributed by atoms with E-state index in [1.807, 2.05) is 18.7 Å². The molecule has 0 saturated carbocycles. The highest BCUT2D eigenvalue weighted by Crippen LogP contribution is 2.25. The molecule has 0 N–H and O–H groups in total. The molecule has 1 aromatic rings. The predicted molar refractivity (Wildman–Crippen MR) is 84.7 cm³/mol. The van der Waals surface area contributed by atoms with E-state index in [0.29, 0.717) is 5.88 Å². The van der Waals surface area contributed by atoms with E-state index >= 15 is 0 Å². The summed E-state index contributed by atoms with van der Waals surface area (Å²) in [5.41, 5.74) is 2.23. The molecule has 5 nitrogen and oxygen atoms in total. The van der Waals surface area contributed by atoms with Gasteiger partial charge in [0, 0.05) is 51.9 Å². The van der Waals surface area contributed by atoms with E-state index in [0.717, 1.165) is 45.0 Å². The smallest absolute Gasteiger partial charge is 0.131 e. The summed E-state index contributed by atoms with van der Waals surface area (Å²) in [6.07, 6.45) is 0. The van der Waals surface area contributed by atoms with Gasteiger partial charge in [0.05, 0.1) is 11.6 Å². The molecule has 1 aliphatic rings. The lowest BCUT2D eigenvalue weighted by molar-refractivity contribution is 0.228. The zero-order valence-electron chi connectivity index (χ0n) is 13.1. The first-order chi connectivity index (χ1) is 9.52. The van der Waals surface area contributed by atoms with Crippen LogP contribution in [0.15, 0.2) is 0 Å². The fourth-order valence-electron chi connectivity index (χ4n) is 2.77. The Morgan fingerprint density at radius 1 is 1.20 bits per heavy atom. The number of aryl methyl sites for hydroxylation is 2. The molecule has 0 amide bonds. The molecule has 1 fully saturated rings. The van der Waals surface area contributed by atoms with E-state index in [9.17, 15) is 0 Å². The lowest BCUT2D eigenvalue weighted by Crippen LogP contribution is -2.48. The summed E-state index contributed by atoms with van der Waals surface area (Å²) in [5.74, 6) is 1.74. The molecule has 1 saturated heterocycles. The molecule has 0 bridgehead atoms. The van der Waals surface area contributed by atoms with Gasteiger partial charge >= 0.3 is 0 Å². The van der Waals surface area contributed by atoms with Crippen LogP contribution in [-0.4, -0.2) is 72.9 Å². The minimum Gasteiger partial charge on any atom is -0.354 e. The first kappa shape index (κ1) is 15.6. The molecule has 20 heavy (non-hydrogen) atoms. The Balaban J connectivity index is 1.97. The summed E-state index contributed by atoms with van der Waals surface area (Å²) in [4.78, 5) is 7.19. The average Bonchev–Trinajstić information content (AvgIpc) is 2.71. The van der Waals surface area contributed by atoms with Crippen LogP contribution in [0.3, 0.4) is 0 Å². The molecular formula is C14H26ClN5. The quantitative estimate of drug-likeness (QED) is 0.763. The number of rotatable bonds is 5. The zero-order valence-corrected chi connectivity index (χ0v) is 13.8. The van der Waals surface area contributed by atoms with Gasteiger partial charge < -0.3 is 9.80 Å². The van der Waals surface area contributed by atoms with Gasteiger partial charge in [-0.05, 0) is 21.0 Å². The van der Waals surface area contributed by atoms with Crippen LogP contribution in [0.1, 0.15) is 11.3 Å². The molecule has 0 atom stereocenters. The van der Waals surface area contributed by atoms with Crippen molar-refractivity contribution in [3.8, 4) is 0 Å². The molecule has 2 rings (SSSR count). The summed E-state index contributed by atoms with van der Waals surface area (Å²) in [7, 11) is 6.26. The molecule has 1 aliphatic heterocycles. The van der Waals surface area contributed by atoms with Crippen molar-refractivity contribution in [1.82, 2.24) is 19.6 Å². The predicted octanol–water partition coefficient (Wildman–Crippen LogP) is 1.15. The molecule has 0 spiro atoms. The number of piperazine rings is 1. The van der Waals surface area contributed by atoms with Crippen LogP contribution in [0.5, 0.6) is 0 Å². The van der Waals surface area contributed by atoms with Crippen LogP contribution < -0.4 is 4.90 Å². The molecule has 114 valence electrons. The average molecular weight is 300 g/mol. The van der Waals surface area contributed by atoms with Gasteiger partial charge in [0.25, 0.3) is 0 Å². The van der Waals surface area contributed by atoms with Gasteiger partial charge in [-0.15, -0.1) is 11.6 Å². The molecular weight excluding hydrogens is 274 g/mol. The third-order valence-electron chi connectivity index (χ3n) is 3.98. The van der Waals surface area contributed by atoms with Crippen LogP contribution in [-0.2, 0) is 12.9 Å². The van der Waals surface area contributed by atoms with E-state index in [-0.39, 0.29) is 0 Å². The molecule has 0 radical (unpaired) electrons. The number of halogens is 1. The lowest BCUT2D eigenvalue weighted by Gasteiger charge is -2.36. The Bertz CT molecular complexity index is 435. The second kappa shape index (κ2) is 6.78. The largest absolute Gasteiger partial charge is 0.354 e. The third kappa shape index (κ3) is 3.45. The van der Waals surface area contributed by atoms with Crippen LogP contribution >= 0.6 is 11.6 Å². The first-order valence-electron chi connectivity index (χ1n) is 7.23. The number of hydrogen-bond donors (Lipinski definition) is 0. The van der Waals surface area contributed by atoms with Crippen molar-refractivity contribution in [1.29, 1.82) is 0 Å². The minimum absolute atomic E-state index is 0.538. The van der Waals surface area contributed by atoms with E-state index in [4.69, 9.17) is 11.6 Å². The molecule has 2 heterocycles. The maximum absolute atomic E-state index is 6.09. The highest BCUT2D eigenvalue weighted by atomic mass is 35.5. The fraction of sp³-hybridized carbons (Fsp3) is 0.786. The van der Waals surface area contributed by atoms with Crippen molar-refractivity contribution in [2.24, 2.45) is 7.05 Å². The summed E-state index contributed by atoms with van der Waals surface area (Å²) < 4.78 is 1.97. The SMILES string of the molecule is Cc1nn(C)c(N2CCN(CCN(C)C)CC2)c1CCl. The summed E-state index contributed by atoms with van der Waals surface area (Å²) in [5, 5.41) is 4.51. The number of anilines is 1.